The number of anilines is 1. The number of hydrogen-bond acceptors (Lipinski definition) is 4. The van der Waals surface area contributed by atoms with Gasteiger partial charge in [-0.15, -0.1) is 13.2 Å². The van der Waals surface area contributed by atoms with Crippen molar-refractivity contribution in [3.05, 3.63) is 77.9 Å². The lowest BCUT2D eigenvalue weighted by atomic mass is 10.0. The molecule has 0 aliphatic rings. The summed E-state index contributed by atoms with van der Waals surface area (Å²) in [5.74, 6) is 0.125. The first-order valence-corrected chi connectivity index (χ1v) is 8.73. The molecular formula is C22H18F3NO3. The van der Waals surface area contributed by atoms with E-state index in [1.807, 2.05) is 31.3 Å². The molecule has 29 heavy (non-hydrogen) atoms. The van der Waals surface area contributed by atoms with Crippen molar-refractivity contribution in [3.8, 4) is 22.6 Å². The lowest BCUT2D eigenvalue weighted by Gasteiger charge is -2.12. The first kappa shape index (κ1) is 20.3. The number of ether oxygens (including phenoxy) is 2. The monoisotopic (exact) mass is 401 g/mol. The molecule has 3 aromatic rings. The summed E-state index contributed by atoms with van der Waals surface area (Å²) in [7, 11) is 1.83. The van der Waals surface area contributed by atoms with Gasteiger partial charge in [-0.3, -0.25) is 4.79 Å². The van der Waals surface area contributed by atoms with E-state index in [1.165, 1.54) is 24.3 Å². The van der Waals surface area contributed by atoms with Crippen molar-refractivity contribution in [1.29, 1.82) is 0 Å². The van der Waals surface area contributed by atoms with Crippen molar-refractivity contribution >= 4 is 12.0 Å². The molecular weight excluding hydrogens is 383 g/mol. The Morgan fingerprint density at radius 3 is 2.17 bits per heavy atom. The molecule has 1 N–H and O–H groups in total. The Kier molecular flexibility index (Phi) is 6.07. The van der Waals surface area contributed by atoms with E-state index in [4.69, 9.17) is 4.74 Å². The molecule has 0 saturated heterocycles. The number of benzene rings is 3. The van der Waals surface area contributed by atoms with Gasteiger partial charge in [-0.05, 0) is 53.1 Å². The largest absolute Gasteiger partial charge is 0.573 e. The predicted octanol–water partition coefficient (Wildman–Crippen LogP) is 5.69. The number of nitrogens with one attached hydrogen (secondary N) is 1. The highest BCUT2D eigenvalue weighted by atomic mass is 19.4. The molecule has 0 atom stereocenters. The third kappa shape index (κ3) is 5.51. The third-order valence-corrected chi connectivity index (χ3v) is 4.19. The van der Waals surface area contributed by atoms with Gasteiger partial charge in [-0.25, -0.2) is 0 Å². The first-order chi connectivity index (χ1) is 13.9. The zero-order valence-corrected chi connectivity index (χ0v) is 15.5. The summed E-state index contributed by atoms with van der Waals surface area (Å²) in [5, 5.41) is 3.03. The highest BCUT2D eigenvalue weighted by molar-refractivity contribution is 5.83. The average Bonchev–Trinajstić information content (AvgIpc) is 2.72. The van der Waals surface area contributed by atoms with Gasteiger partial charge in [0.05, 0.1) is 5.56 Å². The molecule has 4 nitrogen and oxygen atoms in total. The minimum absolute atomic E-state index is 0.299. The maximum absolute atomic E-state index is 12.3. The second-order valence-corrected chi connectivity index (χ2v) is 6.18. The summed E-state index contributed by atoms with van der Waals surface area (Å²) in [5.41, 5.74) is 3.61. The van der Waals surface area contributed by atoms with Gasteiger partial charge >= 0.3 is 6.36 Å². The number of hydrogen-bond donors (Lipinski definition) is 1. The fourth-order valence-corrected chi connectivity index (χ4v) is 2.73. The number of aldehydes is 1. The summed E-state index contributed by atoms with van der Waals surface area (Å²) in [4.78, 5) is 11.5. The smallest absolute Gasteiger partial charge is 0.488 e. The van der Waals surface area contributed by atoms with Gasteiger partial charge in [0.25, 0.3) is 0 Å². The van der Waals surface area contributed by atoms with Crippen LogP contribution in [0.1, 0.15) is 15.9 Å². The SMILES string of the molecule is CNc1ccc(COc2ccc(-c3ccc(OC(F)(F)F)cc3)cc2C=O)cc1. The molecule has 0 spiro atoms. The van der Waals surface area contributed by atoms with Gasteiger partial charge in [0.2, 0.25) is 0 Å². The highest BCUT2D eigenvalue weighted by Gasteiger charge is 2.30. The second-order valence-electron chi connectivity index (χ2n) is 6.18. The molecule has 150 valence electrons. The van der Waals surface area contributed by atoms with Crippen LogP contribution in [-0.2, 0) is 6.61 Å². The minimum Gasteiger partial charge on any atom is -0.488 e. The lowest BCUT2D eigenvalue weighted by Crippen LogP contribution is -2.16. The molecule has 0 aliphatic carbocycles. The Bertz CT molecular complexity index is 968. The number of rotatable bonds is 7. The van der Waals surface area contributed by atoms with E-state index in [0.717, 1.165) is 11.3 Å². The molecule has 0 radical (unpaired) electrons. The van der Waals surface area contributed by atoms with E-state index in [1.54, 1.807) is 18.2 Å². The molecule has 0 aromatic heterocycles. The van der Waals surface area contributed by atoms with Crippen LogP contribution in [0.4, 0.5) is 18.9 Å². The zero-order chi connectivity index (χ0) is 20.9. The van der Waals surface area contributed by atoms with Crippen molar-refractivity contribution < 1.29 is 27.4 Å². The topological polar surface area (TPSA) is 47.6 Å². The summed E-state index contributed by atoms with van der Waals surface area (Å²) < 4.78 is 46.4. The molecule has 7 heteroatoms. The number of carbonyl (C=O) groups excluding carboxylic acids is 1. The van der Waals surface area contributed by atoms with Gasteiger partial charge in [-0.2, -0.15) is 0 Å². The Balaban J connectivity index is 1.73. The molecule has 3 aromatic carbocycles. The average molecular weight is 401 g/mol. The van der Waals surface area contributed by atoms with Crippen molar-refractivity contribution in [2.24, 2.45) is 0 Å². The molecule has 0 unspecified atom stereocenters. The number of halogens is 3. The van der Waals surface area contributed by atoms with Gasteiger partial charge in [0, 0.05) is 12.7 Å². The third-order valence-electron chi connectivity index (χ3n) is 4.19. The molecule has 0 saturated carbocycles. The van der Waals surface area contributed by atoms with Crippen LogP contribution in [0, 0.1) is 0 Å². The molecule has 0 heterocycles. The normalized spacial score (nSPS) is 11.0. The Morgan fingerprint density at radius 2 is 1.59 bits per heavy atom. The van der Waals surface area contributed by atoms with Crippen LogP contribution >= 0.6 is 0 Å². The molecule has 0 fully saturated rings. The van der Waals surface area contributed by atoms with E-state index in [0.29, 0.717) is 35.3 Å². The van der Waals surface area contributed by atoms with Gasteiger partial charge in [-0.1, -0.05) is 30.3 Å². The van der Waals surface area contributed by atoms with E-state index in [-0.39, 0.29) is 5.75 Å². The van der Waals surface area contributed by atoms with Gasteiger partial charge < -0.3 is 14.8 Å². The van der Waals surface area contributed by atoms with Crippen molar-refractivity contribution in [3.63, 3.8) is 0 Å². The zero-order valence-electron chi connectivity index (χ0n) is 15.5. The summed E-state index contributed by atoms with van der Waals surface area (Å²) in [6.45, 7) is 0.299. The van der Waals surface area contributed by atoms with Crippen LogP contribution in [0.5, 0.6) is 11.5 Å². The van der Waals surface area contributed by atoms with E-state index >= 15 is 0 Å². The quantitative estimate of drug-likeness (QED) is 0.517. The standard InChI is InChI=1S/C22H18F3NO3/c1-26-19-7-2-15(3-8-19)14-28-21-11-6-17(12-18(21)13-27)16-4-9-20(10-5-16)29-22(23,24)25/h2-13,26H,14H2,1H3. The van der Waals surface area contributed by atoms with Crippen molar-refractivity contribution in [1.82, 2.24) is 0 Å². The van der Waals surface area contributed by atoms with Crippen molar-refractivity contribution in [2.75, 3.05) is 12.4 Å². The van der Waals surface area contributed by atoms with E-state index < -0.39 is 6.36 Å². The molecule has 3 rings (SSSR count). The maximum atomic E-state index is 12.3. The highest BCUT2D eigenvalue weighted by Crippen LogP contribution is 2.29. The summed E-state index contributed by atoms with van der Waals surface area (Å²) >= 11 is 0. The first-order valence-electron chi connectivity index (χ1n) is 8.73. The fourth-order valence-electron chi connectivity index (χ4n) is 2.73. The number of carbonyl (C=O) groups is 1. The second kappa shape index (κ2) is 8.68. The van der Waals surface area contributed by atoms with Gasteiger partial charge in [0.15, 0.2) is 6.29 Å². The van der Waals surface area contributed by atoms with Crippen LogP contribution in [0.15, 0.2) is 66.7 Å². The molecule has 0 aliphatic heterocycles. The minimum atomic E-state index is -4.74. The van der Waals surface area contributed by atoms with E-state index in [9.17, 15) is 18.0 Å². The van der Waals surface area contributed by atoms with Crippen LogP contribution in [-0.4, -0.2) is 19.7 Å². The predicted molar refractivity (Wildman–Crippen MR) is 104 cm³/mol. The van der Waals surface area contributed by atoms with Crippen LogP contribution < -0.4 is 14.8 Å². The summed E-state index contributed by atoms with van der Waals surface area (Å²) in [6, 6.07) is 18.2. The summed E-state index contributed by atoms with van der Waals surface area (Å²) in [6.07, 6.45) is -4.05. The molecule has 0 amide bonds. The maximum Gasteiger partial charge on any atom is 0.573 e. The van der Waals surface area contributed by atoms with Crippen LogP contribution in [0.25, 0.3) is 11.1 Å². The Hall–Kier alpha value is -3.48. The Morgan fingerprint density at radius 1 is 0.931 bits per heavy atom. The Labute approximate surface area is 165 Å². The van der Waals surface area contributed by atoms with Crippen LogP contribution in [0.3, 0.4) is 0 Å². The van der Waals surface area contributed by atoms with Crippen molar-refractivity contribution in [2.45, 2.75) is 13.0 Å². The number of alkyl halides is 3. The lowest BCUT2D eigenvalue weighted by molar-refractivity contribution is -0.274. The van der Waals surface area contributed by atoms with Gasteiger partial charge in [0.1, 0.15) is 18.1 Å². The van der Waals surface area contributed by atoms with E-state index in [2.05, 4.69) is 10.1 Å². The fraction of sp³-hybridized carbons (Fsp3) is 0.136. The molecule has 0 bridgehead atoms. The van der Waals surface area contributed by atoms with Crippen LogP contribution in [0.2, 0.25) is 0 Å².